The first kappa shape index (κ1) is 28.7. The van der Waals surface area contributed by atoms with Crippen molar-refractivity contribution in [3.05, 3.63) is 48.0 Å². The maximum atomic E-state index is 14.8. The van der Waals surface area contributed by atoms with Crippen LogP contribution in [0.3, 0.4) is 0 Å². The average Bonchev–Trinajstić information content (AvgIpc) is 3.07. The number of carbonyl (C=O) groups excluding carboxylic acids is 1. The number of carbonyl (C=O) groups is 1. The quantitative estimate of drug-likeness (QED) is 0.450. The number of ether oxygens (including phenoxy) is 3. The van der Waals surface area contributed by atoms with Gasteiger partial charge in [-0.05, 0) is 103 Å². The highest BCUT2D eigenvalue weighted by atomic mass is 19.1. The predicted molar refractivity (Wildman–Crippen MR) is 145 cm³/mol. The minimum atomic E-state index is -1.34. The fourth-order valence-electron chi connectivity index (χ4n) is 4.28. The number of halogens is 1. The number of amides is 1. The largest absolute Gasteiger partial charge is 0.494 e. The van der Waals surface area contributed by atoms with E-state index in [1.807, 2.05) is 33.8 Å². The van der Waals surface area contributed by atoms with E-state index >= 15 is 0 Å². The van der Waals surface area contributed by atoms with Gasteiger partial charge < -0.3 is 23.5 Å². The number of hydrogen-bond acceptors (Lipinski definition) is 7. The molecule has 2 aromatic rings. The molecule has 0 bridgehead atoms. The van der Waals surface area contributed by atoms with Crippen molar-refractivity contribution >= 4 is 18.7 Å². The molecule has 2 aliphatic rings. The third kappa shape index (κ3) is 6.48. The van der Waals surface area contributed by atoms with E-state index in [0.29, 0.717) is 42.2 Å². The first-order chi connectivity index (χ1) is 18.2. The van der Waals surface area contributed by atoms with Crippen molar-refractivity contribution in [2.24, 2.45) is 0 Å². The summed E-state index contributed by atoms with van der Waals surface area (Å²) in [6.07, 6.45) is -2.22. The van der Waals surface area contributed by atoms with Crippen molar-refractivity contribution in [2.75, 3.05) is 6.54 Å². The lowest BCUT2D eigenvalue weighted by Gasteiger charge is -2.38. The third-order valence-electron chi connectivity index (χ3n) is 7.08. The summed E-state index contributed by atoms with van der Waals surface area (Å²) < 4.78 is 44.3. The number of nitriles is 1. The van der Waals surface area contributed by atoms with Crippen LogP contribution in [0.1, 0.15) is 66.9 Å². The zero-order chi connectivity index (χ0) is 28.6. The van der Waals surface area contributed by atoms with Crippen LogP contribution >= 0.6 is 0 Å². The molecule has 10 heteroatoms. The average molecular weight is 538 g/mol. The molecule has 4 rings (SSSR count). The van der Waals surface area contributed by atoms with E-state index in [-0.39, 0.29) is 0 Å². The van der Waals surface area contributed by atoms with Gasteiger partial charge in [-0.25, -0.2) is 9.18 Å². The molecule has 0 aliphatic carbocycles. The molecular weight excluding hydrogens is 502 g/mol. The first-order valence-electron chi connectivity index (χ1n) is 13.2. The van der Waals surface area contributed by atoms with E-state index in [1.165, 1.54) is 4.90 Å². The van der Waals surface area contributed by atoms with Crippen molar-refractivity contribution in [1.29, 1.82) is 5.26 Å². The van der Waals surface area contributed by atoms with Gasteiger partial charge in [0.2, 0.25) is 6.23 Å². The maximum Gasteiger partial charge on any atom is 0.494 e. The summed E-state index contributed by atoms with van der Waals surface area (Å²) in [5.41, 5.74) is -0.628. The second kappa shape index (κ2) is 10.7. The lowest BCUT2D eigenvalue weighted by molar-refractivity contribution is -0.0677. The summed E-state index contributed by atoms with van der Waals surface area (Å²) in [6.45, 7) is 13.5. The molecule has 2 aromatic carbocycles. The van der Waals surface area contributed by atoms with Gasteiger partial charge in [0.05, 0.1) is 16.8 Å². The Kier molecular flexibility index (Phi) is 7.88. The van der Waals surface area contributed by atoms with Gasteiger partial charge in [-0.2, -0.15) is 5.26 Å². The zero-order valence-electron chi connectivity index (χ0n) is 23.6. The van der Waals surface area contributed by atoms with Gasteiger partial charge in [0.1, 0.15) is 28.9 Å². The fourth-order valence-corrected chi connectivity index (χ4v) is 4.28. The molecule has 8 nitrogen and oxygen atoms in total. The fraction of sp³-hybridized carbons (Fsp3) is 0.517. The Morgan fingerprint density at radius 2 is 1.69 bits per heavy atom. The molecule has 1 amide bonds. The molecule has 2 atom stereocenters. The van der Waals surface area contributed by atoms with Crippen LogP contribution < -0.4 is 14.9 Å². The van der Waals surface area contributed by atoms with Gasteiger partial charge in [-0.15, -0.1) is 0 Å². The Morgan fingerprint density at radius 1 is 1.08 bits per heavy atom. The van der Waals surface area contributed by atoms with Crippen LogP contribution in [-0.2, 0) is 14.0 Å². The van der Waals surface area contributed by atoms with Crippen molar-refractivity contribution in [3.63, 3.8) is 0 Å². The van der Waals surface area contributed by atoms with Crippen LogP contribution in [0, 0.1) is 11.3 Å². The summed E-state index contributed by atoms with van der Waals surface area (Å²) >= 11 is 0. The van der Waals surface area contributed by atoms with Crippen molar-refractivity contribution < 1.29 is 32.7 Å². The molecule has 0 spiro atoms. The van der Waals surface area contributed by atoms with Gasteiger partial charge in [0, 0.05) is 6.54 Å². The number of nitrogens with zero attached hydrogens (tertiary/aromatic N) is 2. The topological polar surface area (TPSA) is 90.2 Å². The molecule has 208 valence electrons. The Balaban J connectivity index is 1.45. The predicted octanol–water partition coefficient (Wildman–Crippen LogP) is 5.72. The van der Waals surface area contributed by atoms with Crippen LogP contribution in [0.15, 0.2) is 42.5 Å². The Bertz CT molecular complexity index is 1220. The standard InChI is InChI=1S/C29H36BFN2O6/c1-27(2,3)37-26(34)33-16-8-9-23(31)25(33)36-22-13-11-21(12-14-22)35-24-15-10-20(17-19(24)18-32)30-38-28(4,5)29(6,7)39-30/h10-15,17,23,25H,8-9,16H2,1-7H3. The number of hydrogen-bond donors (Lipinski definition) is 0. The van der Waals surface area contributed by atoms with Gasteiger partial charge in [0.15, 0.2) is 6.17 Å². The highest BCUT2D eigenvalue weighted by Gasteiger charge is 2.51. The van der Waals surface area contributed by atoms with Crippen molar-refractivity contribution in [2.45, 2.75) is 90.5 Å². The molecule has 2 fully saturated rings. The molecule has 0 N–H and O–H groups in total. The van der Waals surface area contributed by atoms with Gasteiger partial charge in [0.25, 0.3) is 0 Å². The minimum Gasteiger partial charge on any atom is -0.467 e. The molecular formula is C29H36BFN2O6. The van der Waals surface area contributed by atoms with Crippen LogP contribution in [0.5, 0.6) is 17.2 Å². The van der Waals surface area contributed by atoms with Gasteiger partial charge >= 0.3 is 13.2 Å². The summed E-state index contributed by atoms with van der Waals surface area (Å²) in [6, 6.07) is 14.0. The summed E-state index contributed by atoms with van der Waals surface area (Å²) in [4.78, 5) is 13.9. The van der Waals surface area contributed by atoms with Crippen LogP contribution in [-0.4, -0.2) is 53.9 Å². The second-order valence-electron chi connectivity index (χ2n) is 11.9. The molecule has 0 radical (unpaired) electrons. The molecule has 0 saturated carbocycles. The summed E-state index contributed by atoms with van der Waals surface area (Å²) in [5, 5.41) is 9.75. The molecule has 39 heavy (non-hydrogen) atoms. The van der Waals surface area contributed by atoms with Crippen LogP contribution in [0.25, 0.3) is 0 Å². The van der Waals surface area contributed by atoms with Crippen LogP contribution in [0.4, 0.5) is 9.18 Å². The highest BCUT2D eigenvalue weighted by Crippen LogP contribution is 2.37. The van der Waals surface area contributed by atoms with Crippen molar-refractivity contribution in [3.8, 4) is 23.3 Å². The zero-order valence-corrected chi connectivity index (χ0v) is 23.6. The van der Waals surface area contributed by atoms with E-state index < -0.39 is 42.4 Å². The second-order valence-corrected chi connectivity index (χ2v) is 11.9. The number of rotatable bonds is 5. The summed E-state index contributed by atoms with van der Waals surface area (Å²) in [7, 11) is -0.591. The molecule has 2 saturated heterocycles. The van der Waals surface area contributed by atoms with Crippen molar-refractivity contribution in [1.82, 2.24) is 4.90 Å². The number of alkyl halides is 1. The molecule has 0 aromatic heterocycles. The monoisotopic (exact) mass is 538 g/mol. The lowest BCUT2D eigenvalue weighted by atomic mass is 9.78. The first-order valence-corrected chi connectivity index (χ1v) is 13.2. The highest BCUT2D eigenvalue weighted by molar-refractivity contribution is 6.62. The Morgan fingerprint density at radius 3 is 2.28 bits per heavy atom. The smallest absolute Gasteiger partial charge is 0.467 e. The van der Waals surface area contributed by atoms with E-state index in [4.69, 9.17) is 23.5 Å². The van der Waals surface area contributed by atoms with E-state index in [9.17, 15) is 14.4 Å². The van der Waals surface area contributed by atoms with E-state index in [2.05, 4.69) is 6.07 Å². The summed E-state index contributed by atoms with van der Waals surface area (Å²) in [5.74, 6) is 1.22. The lowest BCUT2D eigenvalue weighted by Crippen LogP contribution is -2.53. The van der Waals surface area contributed by atoms with Gasteiger partial charge in [-0.3, -0.25) is 4.90 Å². The SMILES string of the molecule is CC(C)(C)OC(=O)N1CCCC(F)C1Oc1ccc(Oc2ccc(B3OC(C)(C)C(C)(C)O3)cc2C#N)cc1. The maximum absolute atomic E-state index is 14.8. The molecule has 2 aliphatic heterocycles. The van der Waals surface area contributed by atoms with E-state index in [1.54, 1.807) is 57.2 Å². The normalized spacial score (nSPS) is 22.2. The third-order valence-corrected chi connectivity index (χ3v) is 7.08. The van der Waals surface area contributed by atoms with E-state index in [0.717, 1.165) is 5.46 Å². The molecule has 2 unspecified atom stereocenters. The minimum absolute atomic E-state index is 0.296. The number of benzene rings is 2. The number of piperidine rings is 1. The Hall–Kier alpha value is -3.29. The molecule has 2 heterocycles. The van der Waals surface area contributed by atoms with Gasteiger partial charge in [-0.1, -0.05) is 6.07 Å². The number of likely N-dealkylation sites (tertiary alicyclic amines) is 1. The van der Waals surface area contributed by atoms with Crippen LogP contribution in [0.2, 0.25) is 0 Å². The Labute approximate surface area is 230 Å².